The zero-order chi connectivity index (χ0) is 20.7. The van der Waals surface area contributed by atoms with E-state index in [1.165, 1.54) is 0 Å². The summed E-state index contributed by atoms with van der Waals surface area (Å²) >= 11 is 0. The van der Waals surface area contributed by atoms with E-state index in [0.717, 1.165) is 21.9 Å². The summed E-state index contributed by atoms with van der Waals surface area (Å²) in [7, 11) is 1.89. The number of rotatable bonds is 0. The fraction of sp³-hybridized carbons (Fsp3) is 0.292. The maximum atomic E-state index is 13.5. The van der Waals surface area contributed by atoms with Gasteiger partial charge in [0.1, 0.15) is 23.6 Å². The fourth-order valence-electron chi connectivity index (χ4n) is 4.61. The van der Waals surface area contributed by atoms with Crippen LogP contribution in [0.4, 0.5) is 0 Å². The number of hydrogen-bond acceptors (Lipinski definition) is 4. The standard InChI is InChI=1S/C24H23NO4/c1-12-9-17-19(22(27)23(28)24(2,3)29-17)20-18(12)21(26)15-10-13-7-5-6-8-14(13)11-16(15)25(20)4/h5-11,22-23,27-28H,1-4H3. The van der Waals surface area contributed by atoms with Crippen LogP contribution in [-0.2, 0) is 7.05 Å². The molecule has 0 amide bonds. The Hall–Kier alpha value is -2.89. The predicted molar refractivity (Wildman–Crippen MR) is 115 cm³/mol. The van der Waals surface area contributed by atoms with Crippen molar-refractivity contribution in [2.45, 2.75) is 38.6 Å². The highest BCUT2D eigenvalue weighted by Gasteiger charge is 2.43. The molecule has 1 aliphatic rings. The molecule has 2 N–H and O–H groups in total. The molecule has 0 aliphatic carbocycles. The smallest absolute Gasteiger partial charge is 0.197 e. The lowest BCUT2D eigenvalue weighted by molar-refractivity contribution is -0.111. The van der Waals surface area contributed by atoms with Gasteiger partial charge < -0.3 is 19.5 Å². The number of aliphatic hydroxyl groups excluding tert-OH is 2. The van der Waals surface area contributed by atoms with Crippen molar-refractivity contribution in [1.29, 1.82) is 0 Å². The second kappa shape index (κ2) is 5.81. The van der Waals surface area contributed by atoms with E-state index in [4.69, 9.17) is 4.74 Å². The molecule has 4 aromatic rings. The SMILES string of the molecule is Cc1cc2c(c3c1c(=O)c1cc4ccccc4cc1n3C)C(O)C(O)C(C)(C)O2. The molecule has 5 heteroatoms. The molecule has 3 aromatic carbocycles. The van der Waals surface area contributed by atoms with Crippen LogP contribution in [0.25, 0.3) is 32.6 Å². The Balaban J connectivity index is 2.00. The highest BCUT2D eigenvalue weighted by atomic mass is 16.5. The van der Waals surface area contributed by atoms with Gasteiger partial charge >= 0.3 is 0 Å². The summed E-state index contributed by atoms with van der Waals surface area (Å²) < 4.78 is 7.98. The maximum Gasteiger partial charge on any atom is 0.197 e. The van der Waals surface area contributed by atoms with Crippen LogP contribution in [0.5, 0.6) is 5.75 Å². The molecule has 5 nitrogen and oxygen atoms in total. The van der Waals surface area contributed by atoms with Gasteiger partial charge in [-0.15, -0.1) is 0 Å². The molecule has 29 heavy (non-hydrogen) atoms. The van der Waals surface area contributed by atoms with E-state index in [0.29, 0.717) is 27.6 Å². The van der Waals surface area contributed by atoms with E-state index in [1.54, 1.807) is 19.9 Å². The van der Waals surface area contributed by atoms with E-state index < -0.39 is 17.8 Å². The third-order valence-corrected chi connectivity index (χ3v) is 6.21. The molecule has 2 unspecified atom stereocenters. The molecule has 2 atom stereocenters. The second-order valence-electron chi connectivity index (χ2n) is 8.53. The average molecular weight is 389 g/mol. The molecule has 5 rings (SSSR count). The van der Waals surface area contributed by atoms with Crippen molar-refractivity contribution in [3.8, 4) is 5.75 Å². The molecule has 0 saturated carbocycles. The van der Waals surface area contributed by atoms with Crippen LogP contribution in [-0.4, -0.2) is 26.5 Å². The van der Waals surface area contributed by atoms with Crippen molar-refractivity contribution in [2.75, 3.05) is 0 Å². The number of aromatic nitrogens is 1. The summed E-state index contributed by atoms with van der Waals surface area (Å²) in [6, 6.07) is 13.6. The fourth-order valence-corrected chi connectivity index (χ4v) is 4.61. The van der Waals surface area contributed by atoms with Crippen LogP contribution < -0.4 is 10.2 Å². The van der Waals surface area contributed by atoms with Gasteiger partial charge in [-0.25, -0.2) is 0 Å². The van der Waals surface area contributed by atoms with Gasteiger partial charge in [-0.1, -0.05) is 24.3 Å². The number of ether oxygens (including phenoxy) is 1. The zero-order valence-electron chi connectivity index (χ0n) is 16.9. The lowest BCUT2D eigenvalue weighted by atomic mass is 9.86. The number of aliphatic hydroxyl groups is 2. The van der Waals surface area contributed by atoms with Crippen molar-refractivity contribution in [3.63, 3.8) is 0 Å². The largest absolute Gasteiger partial charge is 0.485 e. The monoisotopic (exact) mass is 389 g/mol. The Morgan fingerprint density at radius 2 is 1.72 bits per heavy atom. The lowest BCUT2D eigenvalue weighted by Gasteiger charge is -2.40. The number of fused-ring (bicyclic) bond motifs is 5. The minimum absolute atomic E-state index is 0.0781. The maximum absolute atomic E-state index is 13.5. The summed E-state index contributed by atoms with van der Waals surface area (Å²) in [4.78, 5) is 13.5. The Labute approximate surface area is 167 Å². The van der Waals surface area contributed by atoms with E-state index in [2.05, 4.69) is 0 Å². The highest BCUT2D eigenvalue weighted by molar-refractivity contribution is 6.03. The summed E-state index contributed by atoms with van der Waals surface area (Å²) in [6.07, 6.45) is -2.26. The normalized spacial score (nSPS) is 20.8. The zero-order valence-corrected chi connectivity index (χ0v) is 16.9. The molecule has 2 heterocycles. The Morgan fingerprint density at radius 1 is 1.07 bits per heavy atom. The first-order valence-electron chi connectivity index (χ1n) is 9.74. The van der Waals surface area contributed by atoms with Crippen molar-refractivity contribution in [2.24, 2.45) is 7.05 Å². The predicted octanol–water partition coefficient (Wildman–Crippen LogP) is 3.72. The van der Waals surface area contributed by atoms with Crippen molar-refractivity contribution in [3.05, 3.63) is 63.8 Å². The number of pyridine rings is 1. The molecule has 0 radical (unpaired) electrons. The summed E-state index contributed by atoms with van der Waals surface area (Å²) in [5.41, 5.74) is 1.63. The quantitative estimate of drug-likeness (QED) is 0.450. The first kappa shape index (κ1) is 18.2. The number of nitrogens with zero attached hydrogens (tertiary/aromatic N) is 1. The topological polar surface area (TPSA) is 71.7 Å². The molecule has 1 aliphatic heterocycles. The Morgan fingerprint density at radius 3 is 2.41 bits per heavy atom. The lowest BCUT2D eigenvalue weighted by Crippen LogP contribution is -2.49. The summed E-state index contributed by atoms with van der Waals surface area (Å²) in [5.74, 6) is 0.507. The minimum atomic E-state index is -1.15. The Bertz CT molecular complexity index is 1380. The van der Waals surface area contributed by atoms with Crippen LogP contribution in [0.15, 0.2) is 47.3 Å². The van der Waals surface area contributed by atoms with Crippen LogP contribution >= 0.6 is 0 Å². The second-order valence-corrected chi connectivity index (χ2v) is 8.53. The molecule has 0 fully saturated rings. The van der Waals surface area contributed by atoms with Gasteiger partial charge in [0.25, 0.3) is 0 Å². The molecule has 0 saturated heterocycles. The van der Waals surface area contributed by atoms with Gasteiger partial charge in [0.05, 0.1) is 11.0 Å². The van der Waals surface area contributed by atoms with Gasteiger partial charge in [-0.3, -0.25) is 4.79 Å². The average Bonchev–Trinajstić information content (AvgIpc) is 2.68. The van der Waals surface area contributed by atoms with Crippen molar-refractivity contribution < 1.29 is 14.9 Å². The van der Waals surface area contributed by atoms with Crippen LogP contribution in [0.1, 0.15) is 31.1 Å². The molecule has 148 valence electrons. The van der Waals surface area contributed by atoms with Gasteiger partial charge in [-0.2, -0.15) is 0 Å². The summed E-state index contributed by atoms with van der Waals surface area (Å²) in [6.45, 7) is 5.37. The number of aryl methyl sites for hydroxylation is 2. The molecular formula is C24H23NO4. The summed E-state index contributed by atoms with van der Waals surface area (Å²) in [5, 5.41) is 24.8. The van der Waals surface area contributed by atoms with Crippen LogP contribution in [0.3, 0.4) is 0 Å². The van der Waals surface area contributed by atoms with Crippen molar-refractivity contribution >= 4 is 32.6 Å². The third-order valence-electron chi connectivity index (χ3n) is 6.21. The van der Waals surface area contributed by atoms with E-state index in [9.17, 15) is 15.0 Å². The first-order chi connectivity index (χ1) is 13.7. The van der Waals surface area contributed by atoms with Gasteiger partial charge in [0.15, 0.2) is 5.43 Å². The van der Waals surface area contributed by atoms with E-state index in [1.807, 2.05) is 54.9 Å². The molecule has 1 aromatic heterocycles. The van der Waals surface area contributed by atoms with E-state index >= 15 is 0 Å². The first-order valence-corrected chi connectivity index (χ1v) is 9.74. The van der Waals surface area contributed by atoms with Gasteiger partial charge in [0.2, 0.25) is 0 Å². The molecule has 0 bridgehead atoms. The van der Waals surface area contributed by atoms with Crippen LogP contribution in [0, 0.1) is 6.92 Å². The Kier molecular flexibility index (Phi) is 3.64. The van der Waals surface area contributed by atoms with E-state index in [-0.39, 0.29) is 5.43 Å². The molecule has 0 spiro atoms. The van der Waals surface area contributed by atoms with Gasteiger partial charge in [-0.05, 0) is 55.3 Å². The van der Waals surface area contributed by atoms with Gasteiger partial charge in [0, 0.05) is 23.4 Å². The van der Waals surface area contributed by atoms with Crippen molar-refractivity contribution in [1.82, 2.24) is 4.57 Å². The third kappa shape index (κ3) is 2.38. The minimum Gasteiger partial charge on any atom is -0.485 e. The van der Waals surface area contributed by atoms with Crippen LogP contribution in [0.2, 0.25) is 0 Å². The molecular weight excluding hydrogens is 366 g/mol. The highest BCUT2D eigenvalue weighted by Crippen LogP contribution is 2.44. The number of hydrogen-bond donors (Lipinski definition) is 2. The number of benzene rings is 3.